The van der Waals surface area contributed by atoms with E-state index in [0.29, 0.717) is 24.0 Å². The Morgan fingerprint density at radius 2 is 2.04 bits per heavy atom. The van der Waals surface area contributed by atoms with Crippen LogP contribution in [0.4, 0.5) is 5.82 Å². The molecule has 1 atom stereocenters. The van der Waals surface area contributed by atoms with Crippen molar-refractivity contribution in [1.82, 2.24) is 19.8 Å². The van der Waals surface area contributed by atoms with Gasteiger partial charge in [0.25, 0.3) is 5.91 Å². The predicted molar refractivity (Wildman–Crippen MR) is 103 cm³/mol. The van der Waals surface area contributed by atoms with E-state index >= 15 is 0 Å². The lowest BCUT2D eigenvalue weighted by Gasteiger charge is -2.32. The molecule has 7 nitrogen and oxygen atoms in total. The summed E-state index contributed by atoms with van der Waals surface area (Å²) in [6.45, 7) is 4.65. The topological polar surface area (TPSA) is 70.6 Å². The molecule has 2 aliphatic heterocycles. The lowest BCUT2D eigenvalue weighted by atomic mass is 9.97. The number of nitrogens with zero attached hydrogens (tertiary/aromatic N) is 4. The number of carbonyl (C=O) groups is 1. The zero-order chi connectivity index (χ0) is 18.6. The minimum Gasteiger partial charge on any atom is -0.493 e. The smallest absolute Gasteiger partial charge is 0.274 e. The maximum atomic E-state index is 12.7. The number of hydrogen-bond acceptors (Lipinski definition) is 6. The van der Waals surface area contributed by atoms with Crippen LogP contribution in [0.25, 0.3) is 0 Å². The predicted octanol–water partition coefficient (Wildman–Crippen LogP) is 1.53. The fourth-order valence-corrected chi connectivity index (χ4v) is 3.50. The third-order valence-corrected chi connectivity index (χ3v) is 5.17. The molecule has 0 unspecified atom stereocenters. The van der Waals surface area contributed by atoms with Crippen molar-refractivity contribution in [2.75, 3.05) is 51.7 Å². The highest BCUT2D eigenvalue weighted by atomic mass is 16.5. The maximum Gasteiger partial charge on any atom is 0.274 e. The fourth-order valence-electron chi connectivity index (χ4n) is 3.50. The van der Waals surface area contributed by atoms with Crippen LogP contribution in [-0.4, -0.2) is 72.1 Å². The molecule has 3 heterocycles. The second-order valence-corrected chi connectivity index (χ2v) is 7.25. The number of hydrogen-bond donors (Lipinski definition) is 1. The number of nitrogens with one attached hydrogen (secondary N) is 1. The number of amides is 1. The van der Waals surface area contributed by atoms with Crippen LogP contribution < -0.4 is 10.1 Å². The lowest BCUT2D eigenvalue weighted by molar-refractivity contribution is 0.0658. The maximum absolute atomic E-state index is 12.7. The van der Waals surface area contributed by atoms with Gasteiger partial charge in [-0.3, -0.25) is 9.78 Å². The largest absolute Gasteiger partial charge is 0.493 e. The van der Waals surface area contributed by atoms with E-state index in [9.17, 15) is 4.79 Å². The number of aromatic nitrogens is 2. The van der Waals surface area contributed by atoms with Gasteiger partial charge in [-0.2, -0.15) is 0 Å². The first-order valence-electron chi connectivity index (χ1n) is 9.43. The first-order valence-corrected chi connectivity index (χ1v) is 9.43. The van der Waals surface area contributed by atoms with E-state index in [-0.39, 0.29) is 5.91 Å². The Bertz CT molecular complexity index is 804. The highest BCUT2D eigenvalue weighted by molar-refractivity contribution is 5.92. The summed E-state index contributed by atoms with van der Waals surface area (Å²) in [7, 11) is 2.07. The van der Waals surface area contributed by atoms with Gasteiger partial charge in [0.1, 0.15) is 17.3 Å². The van der Waals surface area contributed by atoms with Gasteiger partial charge >= 0.3 is 0 Å². The molecule has 1 saturated heterocycles. The number of anilines is 1. The van der Waals surface area contributed by atoms with E-state index in [4.69, 9.17) is 4.74 Å². The minimum atomic E-state index is -0.0471. The first-order chi connectivity index (χ1) is 13.2. The highest BCUT2D eigenvalue weighted by Gasteiger charge is 2.22. The quantitative estimate of drug-likeness (QED) is 0.884. The summed E-state index contributed by atoms with van der Waals surface area (Å²) >= 11 is 0. The molecule has 0 radical (unpaired) electrons. The molecule has 7 heteroatoms. The van der Waals surface area contributed by atoms with Crippen LogP contribution in [0.15, 0.2) is 36.7 Å². The molecule has 1 aromatic carbocycles. The number of piperazine rings is 1. The summed E-state index contributed by atoms with van der Waals surface area (Å²) < 4.78 is 5.83. The van der Waals surface area contributed by atoms with Gasteiger partial charge < -0.3 is 19.9 Å². The number of fused-ring (bicyclic) bond motifs is 1. The Morgan fingerprint density at radius 1 is 1.22 bits per heavy atom. The zero-order valence-corrected chi connectivity index (χ0v) is 15.6. The second kappa shape index (κ2) is 7.92. The van der Waals surface area contributed by atoms with Gasteiger partial charge in [0.2, 0.25) is 0 Å². The standard InChI is InChI=1S/C20H25N5O2/c1-24-6-8-25(9-7-24)20(26)17-12-21-13-19(23-17)22-11-15-10-16-4-2-3-5-18(16)27-14-15/h2-5,12-13,15H,6-11,14H2,1H3,(H,22,23)/t15-/m0/s1. The Morgan fingerprint density at radius 3 is 2.89 bits per heavy atom. The number of ether oxygens (including phenoxy) is 1. The molecule has 142 valence electrons. The Balaban J connectivity index is 1.35. The van der Waals surface area contributed by atoms with E-state index in [2.05, 4.69) is 33.3 Å². The van der Waals surface area contributed by atoms with Crippen LogP contribution >= 0.6 is 0 Å². The van der Waals surface area contributed by atoms with Crippen LogP contribution in [-0.2, 0) is 6.42 Å². The van der Waals surface area contributed by atoms with E-state index < -0.39 is 0 Å². The minimum absolute atomic E-state index is 0.0471. The molecule has 2 aromatic rings. The summed E-state index contributed by atoms with van der Waals surface area (Å²) in [5, 5.41) is 3.32. The zero-order valence-electron chi connectivity index (χ0n) is 15.6. The van der Waals surface area contributed by atoms with E-state index in [1.165, 1.54) is 5.56 Å². The fraction of sp³-hybridized carbons (Fsp3) is 0.450. The monoisotopic (exact) mass is 367 g/mol. The van der Waals surface area contributed by atoms with Crippen molar-refractivity contribution in [1.29, 1.82) is 0 Å². The SMILES string of the molecule is CN1CCN(C(=O)c2cncc(NC[C@H]3COc4ccccc4C3)n2)CC1. The van der Waals surface area contributed by atoms with Crippen LogP contribution in [0.2, 0.25) is 0 Å². The van der Waals surface area contributed by atoms with Gasteiger partial charge in [0, 0.05) is 38.6 Å². The average Bonchev–Trinajstić information content (AvgIpc) is 2.72. The summed E-state index contributed by atoms with van der Waals surface area (Å²) in [6, 6.07) is 8.15. The Kier molecular flexibility index (Phi) is 5.20. The molecule has 1 N–H and O–H groups in total. The summed E-state index contributed by atoms with van der Waals surface area (Å²) in [5.41, 5.74) is 1.63. The molecular formula is C20H25N5O2. The van der Waals surface area contributed by atoms with Gasteiger partial charge in [-0.15, -0.1) is 0 Å². The van der Waals surface area contributed by atoms with Crippen molar-refractivity contribution in [3.63, 3.8) is 0 Å². The highest BCUT2D eigenvalue weighted by Crippen LogP contribution is 2.26. The second-order valence-electron chi connectivity index (χ2n) is 7.25. The van der Waals surface area contributed by atoms with Crippen molar-refractivity contribution >= 4 is 11.7 Å². The first kappa shape index (κ1) is 17.7. The molecule has 0 bridgehead atoms. The van der Waals surface area contributed by atoms with Crippen molar-refractivity contribution in [3.05, 3.63) is 47.9 Å². The van der Waals surface area contributed by atoms with E-state index in [1.54, 1.807) is 12.4 Å². The van der Waals surface area contributed by atoms with Crippen molar-refractivity contribution in [2.45, 2.75) is 6.42 Å². The van der Waals surface area contributed by atoms with Gasteiger partial charge in [0.15, 0.2) is 0 Å². The molecule has 2 aliphatic rings. The summed E-state index contributed by atoms with van der Waals surface area (Å²) in [6.07, 6.45) is 4.18. The number of para-hydroxylation sites is 1. The summed E-state index contributed by atoms with van der Waals surface area (Å²) in [4.78, 5) is 25.4. The number of benzene rings is 1. The van der Waals surface area contributed by atoms with Gasteiger partial charge in [0.05, 0.1) is 19.0 Å². The lowest BCUT2D eigenvalue weighted by Crippen LogP contribution is -2.47. The number of likely N-dealkylation sites (N-methyl/N-ethyl adjacent to an activating group) is 1. The van der Waals surface area contributed by atoms with Crippen LogP contribution in [0.1, 0.15) is 16.1 Å². The van der Waals surface area contributed by atoms with E-state index in [1.807, 2.05) is 23.1 Å². The number of rotatable bonds is 4. The van der Waals surface area contributed by atoms with Gasteiger partial charge in [-0.1, -0.05) is 18.2 Å². The summed E-state index contributed by atoms with van der Waals surface area (Å²) in [5.74, 6) is 1.93. The van der Waals surface area contributed by atoms with Crippen molar-refractivity contribution in [3.8, 4) is 5.75 Å². The normalized spacial score (nSPS) is 19.9. The van der Waals surface area contributed by atoms with Gasteiger partial charge in [-0.25, -0.2) is 4.98 Å². The third kappa shape index (κ3) is 4.19. The third-order valence-electron chi connectivity index (χ3n) is 5.17. The number of carbonyl (C=O) groups excluding carboxylic acids is 1. The average molecular weight is 367 g/mol. The van der Waals surface area contributed by atoms with E-state index in [0.717, 1.165) is 44.9 Å². The molecule has 0 saturated carbocycles. The van der Waals surface area contributed by atoms with Crippen molar-refractivity contribution in [2.24, 2.45) is 5.92 Å². The van der Waals surface area contributed by atoms with Crippen LogP contribution in [0, 0.1) is 5.92 Å². The molecule has 4 rings (SSSR count). The Hall–Kier alpha value is -2.67. The van der Waals surface area contributed by atoms with Gasteiger partial charge in [-0.05, 0) is 25.1 Å². The molecule has 0 aliphatic carbocycles. The van der Waals surface area contributed by atoms with Crippen molar-refractivity contribution < 1.29 is 9.53 Å². The van der Waals surface area contributed by atoms with Crippen LogP contribution in [0.5, 0.6) is 5.75 Å². The molecule has 0 spiro atoms. The Labute approximate surface area is 159 Å². The van der Waals surface area contributed by atoms with Crippen LogP contribution in [0.3, 0.4) is 0 Å². The molecular weight excluding hydrogens is 342 g/mol. The molecule has 27 heavy (non-hydrogen) atoms. The molecule has 1 aromatic heterocycles. The molecule has 1 amide bonds. The molecule has 1 fully saturated rings.